The summed E-state index contributed by atoms with van der Waals surface area (Å²) in [6.45, 7) is 0.484. The summed E-state index contributed by atoms with van der Waals surface area (Å²) in [7, 11) is 1.65. The fourth-order valence-electron chi connectivity index (χ4n) is 3.75. The van der Waals surface area contributed by atoms with Crippen molar-refractivity contribution in [1.82, 2.24) is 9.47 Å². The van der Waals surface area contributed by atoms with E-state index in [9.17, 15) is 18.0 Å². The molecule has 3 aromatic rings. The smallest absolute Gasteiger partial charge is 0.340 e. The van der Waals surface area contributed by atoms with Crippen molar-refractivity contribution in [1.29, 1.82) is 0 Å². The maximum absolute atomic E-state index is 14.0. The van der Waals surface area contributed by atoms with Gasteiger partial charge in [-0.2, -0.15) is 13.2 Å². The van der Waals surface area contributed by atoms with Gasteiger partial charge in [-0.05, 0) is 48.1 Å². The van der Waals surface area contributed by atoms with Gasteiger partial charge in [-0.15, -0.1) is 0 Å². The Hall–Kier alpha value is -2.73. The third-order valence-electron chi connectivity index (χ3n) is 5.50. The van der Waals surface area contributed by atoms with Gasteiger partial charge in [0.05, 0.1) is 0 Å². The van der Waals surface area contributed by atoms with Crippen LogP contribution in [0, 0.1) is 5.92 Å². The fourth-order valence-corrected chi connectivity index (χ4v) is 3.87. The van der Waals surface area contributed by atoms with Crippen molar-refractivity contribution in [3.05, 3.63) is 82.6 Å². The number of hydrogen-bond donors (Lipinski definition) is 0. The highest BCUT2D eigenvalue weighted by atomic mass is 35.5. The van der Waals surface area contributed by atoms with Crippen LogP contribution in [0.15, 0.2) is 60.7 Å². The van der Waals surface area contributed by atoms with E-state index >= 15 is 0 Å². The Labute approximate surface area is 184 Å². The topological polar surface area (TPSA) is 25.2 Å². The molecule has 0 radical (unpaired) electrons. The zero-order valence-electron chi connectivity index (χ0n) is 17.0. The standard InChI is InChI=1S/C24H22ClF3N2O/c1-29(14-17-7-8-17)23(31)22-20(18-9-11-19(25)12-10-18)13-21(24(26,27)28)30(22)15-16-5-3-2-4-6-16/h2-6,9-13,17H,7-8,14-15H2,1H3. The summed E-state index contributed by atoms with van der Waals surface area (Å²) in [4.78, 5) is 15.0. The Kier molecular flexibility index (Phi) is 5.84. The Bertz CT molecular complexity index is 1070. The van der Waals surface area contributed by atoms with E-state index < -0.39 is 17.8 Å². The molecule has 31 heavy (non-hydrogen) atoms. The molecule has 0 aliphatic heterocycles. The van der Waals surface area contributed by atoms with Gasteiger partial charge in [0.15, 0.2) is 0 Å². The van der Waals surface area contributed by atoms with Gasteiger partial charge in [-0.25, -0.2) is 0 Å². The normalized spacial score (nSPS) is 14.0. The Morgan fingerprint density at radius 3 is 2.32 bits per heavy atom. The zero-order valence-corrected chi connectivity index (χ0v) is 17.7. The molecule has 1 aliphatic rings. The van der Waals surface area contributed by atoms with Crippen LogP contribution >= 0.6 is 11.6 Å². The van der Waals surface area contributed by atoms with E-state index in [1.807, 2.05) is 0 Å². The lowest BCUT2D eigenvalue weighted by atomic mass is 10.0. The van der Waals surface area contributed by atoms with E-state index in [4.69, 9.17) is 11.6 Å². The van der Waals surface area contributed by atoms with Crippen LogP contribution in [0.2, 0.25) is 5.02 Å². The Balaban J connectivity index is 1.88. The van der Waals surface area contributed by atoms with Crippen LogP contribution in [-0.2, 0) is 12.7 Å². The number of alkyl halides is 3. The first-order valence-corrected chi connectivity index (χ1v) is 10.5. The van der Waals surface area contributed by atoms with E-state index in [1.54, 1.807) is 61.6 Å². The van der Waals surface area contributed by atoms with Crippen molar-refractivity contribution in [3.8, 4) is 11.1 Å². The van der Waals surface area contributed by atoms with Gasteiger partial charge in [0.25, 0.3) is 5.91 Å². The molecule has 1 aliphatic carbocycles. The molecule has 1 heterocycles. The molecule has 1 fully saturated rings. The second-order valence-corrected chi connectivity index (χ2v) is 8.43. The number of amides is 1. The average Bonchev–Trinajstić information content (AvgIpc) is 3.46. The first-order chi connectivity index (χ1) is 14.7. The number of carbonyl (C=O) groups is 1. The molecular weight excluding hydrogens is 425 g/mol. The van der Waals surface area contributed by atoms with Gasteiger partial charge in [0, 0.05) is 30.7 Å². The van der Waals surface area contributed by atoms with Crippen LogP contribution < -0.4 is 0 Å². The largest absolute Gasteiger partial charge is 0.431 e. The summed E-state index contributed by atoms with van der Waals surface area (Å²) < 4.78 is 43.2. The number of benzene rings is 2. The third kappa shape index (κ3) is 4.79. The minimum absolute atomic E-state index is 0.0432. The maximum Gasteiger partial charge on any atom is 0.431 e. The number of aromatic nitrogens is 1. The Morgan fingerprint density at radius 2 is 1.74 bits per heavy atom. The predicted octanol–water partition coefficient (Wildman–Crippen LogP) is 6.36. The lowest BCUT2D eigenvalue weighted by Crippen LogP contribution is -2.32. The molecule has 1 amide bonds. The van der Waals surface area contributed by atoms with Gasteiger partial charge in [-0.3, -0.25) is 4.79 Å². The molecule has 0 N–H and O–H groups in total. The highest BCUT2D eigenvalue weighted by molar-refractivity contribution is 6.30. The van der Waals surface area contributed by atoms with E-state index in [-0.39, 0.29) is 17.8 Å². The SMILES string of the molecule is CN(CC1CC1)C(=O)c1c(-c2ccc(Cl)cc2)cc(C(F)(F)F)n1Cc1ccccc1. The molecule has 162 valence electrons. The molecule has 3 nitrogen and oxygen atoms in total. The van der Waals surface area contributed by atoms with Crippen molar-refractivity contribution in [2.45, 2.75) is 25.6 Å². The molecular formula is C24H22ClF3N2O. The minimum Gasteiger partial charge on any atom is -0.340 e. The van der Waals surface area contributed by atoms with Gasteiger partial charge < -0.3 is 9.47 Å². The second-order valence-electron chi connectivity index (χ2n) is 8.00. The number of carbonyl (C=O) groups excluding carboxylic acids is 1. The fraction of sp³-hybridized carbons (Fsp3) is 0.292. The number of hydrogen-bond acceptors (Lipinski definition) is 1. The van der Waals surface area contributed by atoms with Gasteiger partial charge >= 0.3 is 6.18 Å². The van der Waals surface area contributed by atoms with Crippen LogP contribution in [0.1, 0.15) is 34.6 Å². The molecule has 0 atom stereocenters. The maximum atomic E-state index is 14.0. The predicted molar refractivity (Wildman–Crippen MR) is 115 cm³/mol. The summed E-state index contributed by atoms with van der Waals surface area (Å²) >= 11 is 5.97. The molecule has 0 spiro atoms. The molecule has 0 bridgehead atoms. The summed E-state index contributed by atoms with van der Waals surface area (Å²) in [5, 5.41) is 0.474. The second kappa shape index (κ2) is 8.42. The van der Waals surface area contributed by atoms with Crippen molar-refractivity contribution in [3.63, 3.8) is 0 Å². The van der Waals surface area contributed by atoms with Gasteiger partial charge in [-0.1, -0.05) is 54.1 Å². The van der Waals surface area contributed by atoms with Crippen molar-refractivity contribution in [2.75, 3.05) is 13.6 Å². The summed E-state index contributed by atoms with van der Waals surface area (Å²) in [5.41, 5.74) is 0.661. The van der Waals surface area contributed by atoms with Crippen molar-refractivity contribution in [2.24, 2.45) is 5.92 Å². The van der Waals surface area contributed by atoms with Crippen LogP contribution in [-0.4, -0.2) is 29.0 Å². The number of nitrogens with zero attached hydrogens (tertiary/aromatic N) is 2. The van der Waals surface area contributed by atoms with Crippen molar-refractivity contribution >= 4 is 17.5 Å². The highest BCUT2D eigenvalue weighted by Gasteiger charge is 2.39. The first kappa shape index (κ1) is 21.5. The quantitative estimate of drug-likeness (QED) is 0.432. The first-order valence-electron chi connectivity index (χ1n) is 10.1. The molecule has 7 heteroatoms. The summed E-state index contributed by atoms with van der Waals surface area (Å²) in [6.07, 6.45) is -2.52. The van der Waals surface area contributed by atoms with E-state index in [0.717, 1.165) is 23.5 Å². The van der Waals surface area contributed by atoms with Crippen molar-refractivity contribution < 1.29 is 18.0 Å². The van der Waals surface area contributed by atoms with Gasteiger partial charge in [0.2, 0.25) is 0 Å². The monoisotopic (exact) mass is 446 g/mol. The van der Waals surface area contributed by atoms with E-state index in [0.29, 0.717) is 28.6 Å². The lowest BCUT2D eigenvalue weighted by molar-refractivity contribution is -0.143. The summed E-state index contributed by atoms with van der Waals surface area (Å²) in [6, 6.07) is 16.4. The van der Waals surface area contributed by atoms with E-state index in [1.165, 1.54) is 4.90 Å². The van der Waals surface area contributed by atoms with E-state index in [2.05, 4.69) is 0 Å². The summed E-state index contributed by atoms with van der Waals surface area (Å²) in [5.74, 6) is 0.0100. The zero-order chi connectivity index (χ0) is 22.2. The molecule has 1 aromatic heterocycles. The molecule has 0 unspecified atom stereocenters. The number of halogens is 4. The average molecular weight is 447 g/mol. The molecule has 0 saturated heterocycles. The van der Waals surface area contributed by atoms with Gasteiger partial charge in [0.1, 0.15) is 11.4 Å². The molecule has 1 saturated carbocycles. The van der Waals surface area contributed by atoms with Crippen LogP contribution in [0.4, 0.5) is 13.2 Å². The van der Waals surface area contributed by atoms with Crippen LogP contribution in [0.5, 0.6) is 0 Å². The molecule has 4 rings (SSSR count). The third-order valence-corrected chi connectivity index (χ3v) is 5.76. The Morgan fingerprint density at radius 1 is 1.10 bits per heavy atom. The highest BCUT2D eigenvalue weighted by Crippen LogP contribution is 2.38. The number of rotatable bonds is 6. The van der Waals surface area contributed by atoms with Crippen LogP contribution in [0.3, 0.4) is 0 Å². The minimum atomic E-state index is -4.61. The molecule has 2 aromatic carbocycles. The lowest BCUT2D eigenvalue weighted by Gasteiger charge is -2.21. The van der Waals surface area contributed by atoms with Crippen LogP contribution in [0.25, 0.3) is 11.1 Å².